The summed E-state index contributed by atoms with van der Waals surface area (Å²) in [5.74, 6) is 0.258. The Balaban J connectivity index is 2.24. The molecule has 0 atom stereocenters. The maximum atomic E-state index is 12.5. The molecule has 2 rings (SSSR count). The lowest BCUT2D eigenvalue weighted by atomic mass is 9.90. The van der Waals surface area contributed by atoms with Crippen LogP contribution in [0.2, 0.25) is 0 Å². The molecule has 0 aliphatic carbocycles. The average molecular weight is 245 g/mol. The van der Waals surface area contributed by atoms with Crippen molar-refractivity contribution in [2.75, 3.05) is 18.9 Å². The van der Waals surface area contributed by atoms with Crippen molar-refractivity contribution in [2.45, 2.75) is 24.9 Å². The Bertz CT molecular complexity index is 397. The van der Waals surface area contributed by atoms with Crippen LogP contribution in [-0.2, 0) is 10.9 Å². The number of benzene rings is 1. The standard InChI is InChI=1S/C12H14F3NO/c13-12(14,15)10-2-1-9(7-11(10)16)8-3-5-17-6-4-8/h1-2,7-8H,3-6,16H2. The second-order valence-corrected chi connectivity index (χ2v) is 4.23. The van der Waals surface area contributed by atoms with Gasteiger partial charge in [0, 0.05) is 18.9 Å². The van der Waals surface area contributed by atoms with E-state index >= 15 is 0 Å². The van der Waals surface area contributed by atoms with Gasteiger partial charge in [0.1, 0.15) is 0 Å². The third kappa shape index (κ3) is 2.72. The molecular formula is C12H14F3NO. The zero-order valence-electron chi connectivity index (χ0n) is 9.26. The fraction of sp³-hybridized carbons (Fsp3) is 0.500. The van der Waals surface area contributed by atoms with Crippen molar-refractivity contribution in [3.05, 3.63) is 29.3 Å². The van der Waals surface area contributed by atoms with E-state index in [-0.39, 0.29) is 11.6 Å². The van der Waals surface area contributed by atoms with Gasteiger partial charge < -0.3 is 10.5 Å². The molecule has 0 unspecified atom stereocenters. The van der Waals surface area contributed by atoms with Gasteiger partial charge in [-0.3, -0.25) is 0 Å². The van der Waals surface area contributed by atoms with E-state index in [0.717, 1.165) is 24.5 Å². The molecule has 1 aliphatic heterocycles. The SMILES string of the molecule is Nc1cc(C2CCOCC2)ccc1C(F)(F)F. The number of halogens is 3. The predicted octanol–water partition coefficient (Wildman–Crippen LogP) is 3.18. The van der Waals surface area contributed by atoms with Gasteiger partial charge in [0.2, 0.25) is 0 Å². The summed E-state index contributed by atoms with van der Waals surface area (Å²) < 4.78 is 42.8. The molecule has 0 amide bonds. The molecule has 0 spiro atoms. The van der Waals surface area contributed by atoms with E-state index in [1.807, 2.05) is 0 Å². The molecule has 1 aliphatic rings. The lowest BCUT2D eigenvalue weighted by Crippen LogP contribution is -2.15. The summed E-state index contributed by atoms with van der Waals surface area (Å²) in [6.07, 6.45) is -2.70. The van der Waals surface area contributed by atoms with E-state index in [0.29, 0.717) is 13.2 Å². The molecule has 1 saturated heterocycles. The third-order valence-corrected chi connectivity index (χ3v) is 3.07. The van der Waals surface area contributed by atoms with Crippen LogP contribution in [-0.4, -0.2) is 13.2 Å². The molecule has 1 fully saturated rings. The Morgan fingerprint density at radius 2 is 1.82 bits per heavy atom. The molecule has 2 nitrogen and oxygen atoms in total. The van der Waals surface area contributed by atoms with Crippen molar-refractivity contribution in [3.63, 3.8) is 0 Å². The molecule has 0 bridgehead atoms. The van der Waals surface area contributed by atoms with E-state index in [4.69, 9.17) is 10.5 Å². The second kappa shape index (κ2) is 4.56. The Kier molecular flexibility index (Phi) is 3.28. The predicted molar refractivity (Wildman–Crippen MR) is 58.7 cm³/mol. The van der Waals surface area contributed by atoms with Gasteiger partial charge in [-0.05, 0) is 36.5 Å². The maximum absolute atomic E-state index is 12.5. The highest BCUT2D eigenvalue weighted by Crippen LogP contribution is 2.36. The Morgan fingerprint density at radius 1 is 1.18 bits per heavy atom. The lowest BCUT2D eigenvalue weighted by Gasteiger charge is -2.23. The van der Waals surface area contributed by atoms with Crippen LogP contribution in [0.5, 0.6) is 0 Å². The van der Waals surface area contributed by atoms with Gasteiger partial charge >= 0.3 is 6.18 Å². The first-order valence-corrected chi connectivity index (χ1v) is 5.53. The molecule has 0 aromatic heterocycles. The second-order valence-electron chi connectivity index (χ2n) is 4.23. The van der Waals surface area contributed by atoms with Crippen LogP contribution < -0.4 is 5.73 Å². The van der Waals surface area contributed by atoms with Crippen LogP contribution in [0.25, 0.3) is 0 Å². The van der Waals surface area contributed by atoms with E-state index < -0.39 is 11.7 Å². The minimum atomic E-state index is -4.38. The number of nitrogen functional groups attached to an aromatic ring is 1. The first-order chi connectivity index (χ1) is 7.98. The van der Waals surface area contributed by atoms with Crippen LogP contribution in [0.3, 0.4) is 0 Å². The van der Waals surface area contributed by atoms with Crippen molar-refractivity contribution in [3.8, 4) is 0 Å². The molecule has 2 N–H and O–H groups in total. The summed E-state index contributed by atoms with van der Waals surface area (Å²) >= 11 is 0. The molecule has 0 saturated carbocycles. The molecule has 1 aromatic carbocycles. The van der Waals surface area contributed by atoms with Crippen LogP contribution in [0, 0.1) is 0 Å². The summed E-state index contributed by atoms with van der Waals surface area (Å²) in [6, 6.07) is 4.04. The molecule has 0 radical (unpaired) electrons. The Labute approximate surface area is 97.6 Å². The normalized spacial score (nSPS) is 18.3. The zero-order valence-corrected chi connectivity index (χ0v) is 9.26. The maximum Gasteiger partial charge on any atom is 0.418 e. The first kappa shape index (κ1) is 12.2. The van der Waals surface area contributed by atoms with E-state index in [1.165, 1.54) is 12.1 Å². The topological polar surface area (TPSA) is 35.2 Å². The van der Waals surface area contributed by atoms with Crippen molar-refractivity contribution in [2.24, 2.45) is 0 Å². The molecule has 1 heterocycles. The smallest absolute Gasteiger partial charge is 0.398 e. The summed E-state index contributed by atoms with van der Waals surface area (Å²) in [6.45, 7) is 1.32. The van der Waals surface area contributed by atoms with Crippen LogP contribution in [0.1, 0.15) is 29.9 Å². The van der Waals surface area contributed by atoms with Crippen LogP contribution >= 0.6 is 0 Å². The summed E-state index contributed by atoms with van der Waals surface area (Å²) in [4.78, 5) is 0. The molecule has 1 aromatic rings. The number of nitrogens with two attached hydrogens (primary N) is 1. The lowest BCUT2D eigenvalue weighted by molar-refractivity contribution is -0.136. The fourth-order valence-corrected chi connectivity index (χ4v) is 2.12. The molecule has 94 valence electrons. The minimum Gasteiger partial charge on any atom is -0.398 e. The average Bonchev–Trinajstić information content (AvgIpc) is 2.28. The Morgan fingerprint density at radius 3 is 2.35 bits per heavy atom. The number of hydrogen-bond donors (Lipinski definition) is 1. The molecule has 17 heavy (non-hydrogen) atoms. The zero-order chi connectivity index (χ0) is 12.5. The van der Waals surface area contributed by atoms with Gasteiger partial charge in [0.15, 0.2) is 0 Å². The number of rotatable bonds is 1. The number of alkyl halides is 3. The highest BCUT2D eigenvalue weighted by Gasteiger charge is 2.33. The van der Waals surface area contributed by atoms with Gasteiger partial charge in [0.25, 0.3) is 0 Å². The van der Waals surface area contributed by atoms with E-state index in [1.54, 1.807) is 0 Å². The van der Waals surface area contributed by atoms with E-state index in [2.05, 4.69) is 0 Å². The first-order valence-electron chi connectivity index (χ1n) is 5.53. The quantitative estimate of drug-likeness (QED) is 0.771. The number of anilines is 1. The Hall–Kier alpha value is -1.23. The van der Waals surface area contributed by atoms with Gasteiger partial charge in [0.05, 0.1) is 5.56 Å². The van der Waals surface area contributed by atoms with Crippen molar-refractivity contribution < 1.29 is 17.9 Å². The summed E-state index contributed by atoms with van der Waals surface area (Å²) in [5, 5.41) is 0. The van der Waals surface area contributed by atoms with Gasteiger partial charge in [-0.2, -0.15) is 13.2 Å². The van der Waals surface area contributed by atoms with Gasteiger partial charge in [-0.15, -0.1) is 0 Å². The monoisotopic (exact) mass is 245 g/mol. The minimum absolute atomic E-state index is 0.193. The summed E-state index contributed by atoms with van der Waals surface area (Å²) in [5.41, 5.74) is 5.39. The largest absolute Gasteiger partial charge is 0.418 e. The van der Waals surface area contributed by atoms with Crippen LogP contribution in [0.4, 0.5) is 18.9 Å². The van der Waals surface area contributed by atoms with Crippen LogP contribution in [0.15, 0.2) is 18.2 Å². The highest BCUT2D eigenvalue weighted by molar-refractivity contribution is 5.51. The van der Waals surface area contributed by atoms with E-state index in [9.17, 15) is 13.2 Å². The molecule has 5 heteroatoms. The summed E-state index contributed by atoms with van der Waals surface area (Å²) in [7, 11) is 0. The van der Waals surface area contributed by atoms with Gasteiger partial charge in [-0.25, -0.2) is 0 Å². The molecular weight excluding hydrogens is 231 g/mol. The fourth-order valence-electron chi connectivity index (χ4n) is 2.12. The third-order valence-electron chi connectivity index (χ3n) is 3.07. The van der Waals surface area contributed by atoms with Gasteiger partial charge in [-0.1, -0.05) is 6.07 Å². The van der Waals surface area contributed by atoms with Crippen molar-refractivity contribution in [1.82, 2.24) is 0 Å². The highest BCUT2D eigenvalue weighted by atomic mass is 19.4. The van der Waals surface area contributed by atoms with Crippen molar-refractivity contribution in [1.29, 1.82) is 0 Å². The number of ether oxygens (including phenoxy) is 1. The van der Waals surface area contributed by atoms with Crippen molar-refractivity contribution >= 4 is 5.69 Å². The number of hydrogen-bond acceptors (Lipinski definition) is 2.